The number of carbonyl (C=O) groups excluding carboxylic acids is 1. The second-order valence-corrected chi connectivity index (χ2v) is 10.2. The molecule has 0 bridgehead atoms. The lowest BCUT2D eigenvalue weighted by Crippen LogP contribution is -2.47. The van der Waals surface area contributed by atoms with Gasteiger partial charge in [-0.3, -0.25) is 4.79 Å². The summed E-state index contributed by atoms with van der Waals surface area (Å²) in [5, 5.41) is 3.20. The number of amides is 1. The van der Waals surface area contributed by atoms with Crippen molar-refractivity contribution in [1.29, 1.82) is 0 Å². The molecular weight excluding hydrogens is 469 g/mol. The van der Waals surface area contributed by atoms with E-state index in [4.69, 9.17) is 11.5 Å². The van der Waals surface area contributed by atoms with Crippen LogP contribution in [0.1, 0.15) is 64.7 Å². The minimum atomic E-state index is -0.690. The smallest absolute Gasteiger partial charge is 0.237 e. The van der Waals surface area contributed by atoms with E-state index in [1.165, 1.54) is 6.20 Å². The number of carbonyl (C=O) groups is 1. The fraction of sp³-hybridized carbons (Fsp3) is 0.615. The van der Waals surface area contributed by atoms with Crippen molar-refractivity contribution in [3.8, 4) is 11.3 Å². The van der Waals surface area contributed by atoms with E-state index < -0.39 is 35.8 Å². The summed E-state index contributed by atoms with van der Waals surface area (Å²) in [6, 6.07) is 1.98. The van der Waals surface area contributed by atoms with Gasteiger partial charge in [0.1, 0.15) is 24.1 Å². The molecule has 36 heavy (non-hydrogen) atoms. The number of H-pyrrole nitrogens is 1. The van der Waals surface area contributed by atoms with Crippen LogP contribution in [0.2, 0.25) is 0 Å². The summed E-state index contributed by atoms with van der Waals surface area (Å²) in [6.07, 6.45) is 5.71. The van der Waals surface area contributed by atoms with Gasteiger partial charge in [-0.1, -0.05) is 33.6 Å². The van der Waals surface area contributed by atoms with E-state index in [1.807, 2.05) is 20.8 Å². The van der Waals surface area contributed by atoms with Crippen LogP contribution < -0.4 is 16.8 Å². The zero-order chi connectivity index (χ0) is 26.7. The highest BCUT2D eigenvalue weighted by Gasteiger charge is 2.37. The molecule has 0 saturated carbocycles. The Morgan fingerprint density at radius 1 is 1.19 bits per heavy atom. The first-order valence-electron chi connectivity index (χ1n) is 12.6. The first-order valence-corrected chi connectivity index (χ1v) is 12.6. The topological polar surface area (TPSA) is 113 Å². The van der Waals surface area contributed by atoms with Gasteiger partial charge in [0.25, 0.3) is 0 Å². The lowest BCUT2D eigenvalue weighted by Gasteiger charge is -2.39. The normalized spacial score (nSPS) is 13.6. The molecule has 0 spiro atoms. The number of aromatic nitrogens is 2. The number of rotatable bonds is 15. The Bertz CT molecular complexity index is 946. The molecule has 1 amide bonds. The van der Waals surface area contributed by atoms with Crippen molar-refractivity contribution in [1.82, 2.24) is 20.2 Å². The summed E-state index contributed by atoms with van der Waals surface area (Å²) in [5.41, 5.74) is 11.2. The minimum Gasteiger partial charge on any atom is -0.340 e. The number of aromatic amines is 1. The molecule has 1 aromatic carbocycles. The molecule has 0 aliphatic heterocycles. The number of alkyl halides is 1. The van der Waals surface area contributed by atoms with Gasteiger partial charge in [-0.05, 0) is 56.0 Å². The number of unbranched alkanes of at least 4 members (excludes halogenated alkanes) is 3. The van der Waals surface area contributed by atoms with Crippen LogP contribution in [0, 0.1) is 17.0 Å². The number of halogens is 3. The fourth-order valence-electron chi connectivity index (χ4n) is 4.17. The van der Waals surface area contributed by atoms with Crippen molar-refractivity contribution in [2.45, 2.75) is 65.0 Å². The van der Waals surface area contributed by atoms with Gasteiger partial charge in [0, 0.05) is 18.2 Å². The van der Waals surface area contributed by atoms with E-state index >= 15 is 0 Å². The van der Waals surface area contributed by atoms with Crippen LogP contribution in [-0.2, 0) is 4.79 Å². The van der Waals surface area contributed by atoms with Crippen molar-refractivity contribution >= 4 is 5.91 Å². The SMILES string of the molecule is CC(C)(C)C(c1ncc(-c2cc(F)ccc2F)[nH]1)N(CCC(N)CF)C(=O)CNCCCCCCN. The zero-order valence-electron chi connectivity index (χ0n) is 21.6. The van der Waals surface area contributed by atoms with Crippen LogP contribution in [0.15, 0.2) is 24.4 Å². The molecule has 10 heteroatoms. The largest absolute Gasteiger partial charge is 0.340 e. The van der Waals surface area contributed by atoms with Gasteiger partial charge in [0.15, 0.2) is 0 Å². The molecule has 202 valence electrons. The Morgan fingerprint density at radius 3 is 2.58 bits per heavy atom. The highest BCUT2D eigenvalue weighted by molar-refractivity contribution is 5.79. The maximum Gasteiger partial charge on any atom is 0.237 e. The Kier molecular flexibility index (Phi) is 11.9. The lowest BCUT2D eigenvalue weighted by atomic mass is 9.84. The third kappa shape index (κ3) is 8.90. The molecule has 2 aromatic rings. The molecule has 2 unspecified atom stereocenters. The van der Waals surface area contributed by atoms with Crippen molar-refractivity contribution in [2.24, 2.45) is 16.9 Å². The van der Waals surface area contributed by atoms with Crippen LogP contribution >= 0.6 is 0 Å². The maximum absolute atomic E-state index is 14.4. The number of nitrogens with zero attached hydrogens (tertiary/aromatic N) is 2. The number of nitrogens with two attached hydrogens (primary N) is 2. The highest BCUT2D eigenvalue weighted by Crippen LogP contribution is 2.38. The summed E-state index contributed by atoms with van der Waals surface area (Å²) < 4.78 is 41.2. The predicted molar refractivity (Wildman–Crippen MR) is 137 cm³/mol. The number of hydrogen-bond acceptors (Lipinski definition) is 5. The summed E-state index contributed by atoms with van der Waals surface area (Å²) in [6.45, 7) is 6.91. The maximum atomic E-state index is 14.4. The summed E-state index contributed by atoms with van der Waals surface area (Å²) in [7, 11) is 0. The Morgan fingerprint density at radius 2 is 1.92 bits per heavy atom. The van der Waals surface area contributed by atoms with Gasteiger partial charge >= 0.3 is 0 Å². The third-order valence-corrected chi connectivity index (χ3v) is 6.05. The van der Waals surface area contributed by atoms with Crippen LogP contribution in [0.4, 0.5) is 13.2 Å². The summed E-state index contributed by atoms with van der Waals surface area (Å²) >= 11 is 0. The van der Waals surface area contributed by atoms with E-state index in [2.05, 4.69) is 15.3 Å². The molecule has 7 nitrogen and oxygen atoms in total. The van der Waals surface area contributed by atoms with Crippen LogP contribution in [-0.4, -0.2) is 59.7 Å². The predicted octanol–water partition coefficient (Wildman–Crippen LogP) is 4.07. The van der Waals surface area contributed by atoms with E-state index in [0.29, 0.717) is 24.6 Å². The molecule has 2 rings (SSSR count). The van der Waals surface area contributed by atoms with Gasteiger partial charge in [0.05, 0.1) is 24.5 Å². The molecule has 0 radical (unpaired) electrons. The van der Waals surface area contributed by atoms with Gasteiger partial charge in [-0.25, -0.2) is 18.2 Å². The van der Waals surface area contributed by atoms with Gasteiger partial charge in [-0.2, -0.15) is 0 Å². The quantitative estimate of drug-likeness (QED) is 0.270. The highest BCUT2D eigenvalue weighted by atomic mass is 19.1. The average Bonchev–Trinajstić information content (AvgIpc) is 3.30. The van der Waals surface area contributed by atoms with Gasteiger partial charge < -0.3 is 26.7 Å². The standard InChI is InChI=1S/C26H41F3N6O/c1-26(2,3)24(25-33-16-22(34-25)20-14-18(28)8-9-21(20)29)35(13-10-19(31)15-27)23(36)17-32-12-7-5-4-6-11-30/h8-9,14,16,19,24,32H,4-7,10-13,15,17,30-31H2,1-3H3,(H,33,34). The third-order valence-electron chi connectivity index (χ3n) is 6.05. The molecule has 2 atom stereocenters. The summed E-state index contributed by atoms with van der Waals surface area (Å²) in [4.78, 5) is 22.6. The van der Waals surface area contributed by atoms with Crippen molar-refractivity contribution < 1.29 is 18.0 Å². The number of hydrogen-bond donors (Lipinski definition) is 4. The van der Waals surface area contributed by atoms with Crippen LogP contribution in [0.25, 0.3) is 11.3 Å². The first-order chi connectivity index (χ1) is 17.1. The van der Waals surface area contributed by atoms with E-state index in [9.17, 15) is 18.0 Å². The molecule has 1 heterocycles. The molecule has 1 aromatic heterocycles. The van der Waals surface area contributed by atoms with Gasteiger partial charge in [-0.15, -0.1) is 0 Å². The molecule has 0 aliphatic rings. The van der Waals surface area contributed by atoms with Gasteiger partial charge in [0.2, 0.25) is 5.91 Å². The average molecular weight is 511 g/mol. The molecule has 0 aliphatic carbocycles. The Balaban J connectivity index is 2.26. The number of nitrogens with one attached hydrogen (secondary N) is 2. The van der Waals surface area contributed by atoms with E-state index in [1.54, 1.807) is 4.90 Å². The fourth-order valence-corrected chi connectivity index (χ4v) is 4.17. The van der Waals surface area contributed by atoms with Crippen molar-refractivity contribution in [3.05, 3.63) is 41.9 Å². The second kappa shape index (κ2) is 14.3. The number of benzene rings is 1. The monoisotopic (exact) mass is 510 g/mol. The molecule has 0 fully saturated rings. The van der Waals surface area contributed by atoms with Crippen molar-refractivity contribution in [2.75, 3.05) is 32.9 Å². The minimum absolute atomic E-state index is 0.0510. The lowest BCUT2D eigenvalue weighted by molar-refractivity contribution is -0.135. The van der Waals surface area contributed by atoms with E-state index in [0.717, 1.165) is 43.9 Å². The number of imidazole rings is 1. The Labute approximate surface area is 212 Å². The second-order valence-electron chi connectivity index (χ2n) is 10.2. The molecule has 6 N–H and O–H groups in total. The Hall–Kier alpha value is -2.43. The molecular formula is C26H41F3N6O. The molecule has 0 saturated heterocycles. The van der Waals surface area contributed by atoms with E-state index in [-0.39, 0.29) is 31.0 Å². The zero-order valence-corrected chi connectivity index (χ0v) is 21.6. The van der Waals surface area contributed by atoms with Crippen molar-refractivity contribution in [3.63, 3.8) is 0 Å². The summed E-state index contributed by atoms with van der Waals surface area (Å²) in [5.74, 6) is -0.889. The first kappa shape index (κ1) is 29.8. The van der Waals surface area contributed by atoms with Crippen LogP contribution in [0.3, 0.4) is 0 Å². The van der Waals surface area contributed by atoms with Crippen LogP contribution in [0.5, 0.6) is 0 Å².